The number of benzene rings is 2. The summed E-state index contributed by atoms with van der Waals surface area (Å²) in [4.78, 5) is 10.7. The van der Waals surface area contributed by atoms with E-state index in [0.717, 1.165) is 20.9 Å². The topological polar surface area (TPSA) is 62.5 Å². The zero-order chi connectivity index (χ0) is 14.1. The van der Waals surface area contributed by atoms with Gasteiger partial charge in [0.25, 0.3) is 0 Å². The largest absolute Gasteiger partial charge is 0.475 e. The monoisotopic (exact) mass is 331 g/mol. The van der Waals surface area contributed by atoms with Gasteiger partial charge in [0, 0.05) is 16.2 Å². The Kier molecular flexibility index (Phi) is 3.20. The number of furan rings is 1. The van der Waals surface area contributed by atoms with Gasteiger partial charge in [0.05, 0.1) is 0 Å². The fraction of sp³-hybridized carbons (Fsp3) is 0. The van der Waals surface area contributed by atoms with Crippen LogP contribution in [0, 0.1) is 0 Å². The van der Waals surface area contributed by atoms with Crippen molar-refractivity contribution in [3.05, 3.63) is 58.8 Å². The quantitative estimate of drug-likeness (QED) is 0.734. The summed E-state index contributed by atoms with van der Waals surface area (Å²) < 4.78 is 6.19. The Morgan fingerprint density at radius 3 is 2.55 bits per heavy atom. The van der Waals surface area contributed by atoms with Crippen LogP contribution in [0.15, 0.2) is 57.4 Å². The molecule has 0 amide bonds. The summed E-state index contributed by atoms with van der Waals surface area (Å²) in [5, 5.41) is 14.1. The summed E-state index contributed by atoms with van der Waals surface area (Å²) in [5.41, 5.74) is 0.839. The fourth-order valence-corrected chi connectivity index (χ4v) is 2.34. The van der Waals surface area contributed by atoms with Gasteiger partial charge < -0.3 is 14.8 Å². The van der Waals surface area contributed by atoms with Crippen LogP contribution >= 0.6 is 15.9 Å². The molecule has 100 valence electrons. The van der Waals surface area contributed by atoms with Crippen LogP contribution < -0.4 is 5.32 Å². The van der Waals surface area contributed by atoms with Gasteiger partial charge in [-0.2, -0.15) is 0 Å². The summed E-state index contributed by atoms with van der Waals surface area (Å²) >= 11 is 3.43. The first kappa shape index (κ1) is 12.7. The number of hydrogen-bond acceptors (Lipinski definition) is 3. The smallest absolute Gasteiger partial charge is 0.371 e. The van der Waals surface area contributed by atoms with E-state index in [0.29, 0.717) is 5.88 Å². The molecule has 1 aromatic heterocycles. The van der Waals surface area contributed by atoms with E-state index in [-0.39, 0.29) is 5.76 Å². The molecule has 0 saturated carbocycles. The van der Waals surface area contributed by atoms with Crippen molar-refractivity contribution in [2.75, 3.05) is 5.32 Å². The van der Waals surface area contributed by atoms with E-state index in [9.17, 15) is 4.79 Å². The lowest BCUT2D eigenvalue weighted by Gasteiger charge is -2.05. The van der Waals surface area contributed by atoms with Crippen molar-refractivity contribution in [2.24, 2.45) is 0 Å². The normalized spacial score (nSPS) is 10.7. The molecule has 5 heteroatoms. The Bertz CT molecular complexity index is 795. The van der Waals surface area contributed by atoms with Crippen LogP contribution in [0.3, 0.4) is 0 Å². The van der Waals surface area contributed by atoms with Crippen LogP contribution in [-0.4, -0.2) is 11.1 Å². The van der Waals surface area contributed by atoms with E-state index < -0.39 is 5.97 Å². The van der Waals surface area contributed by atoms with Crippen LogP contribution in [0.1, 0.15) is 10.6 Å². The molecule has 0 aliphatic rings. The third kappa shape index (κ3) is 2.53. The molecule has 2 aromatic carbocycles. The molecule has 4 nitrogen and oxygen atoms in total. The Labute approximate surface area is 123 Å². The van der Waals surface area contributed by atoms with E-state index in [4.69, 9.17) is 9.52 Å². The average Bonchev–Trinajstić information content (AvgIpc) is 2.88. The van der Waals surface area contributed by atoms with Gasteiger partial charge in [-0.05, 0) is 41.1 Å². The lowest BCUT2D eigenvalue weighted by Crippen LogP contribution is -1.92. The van der Waals surface area contributed by atoms with E-state index in [1.54, 1.807) is 6.07 Å². The molecule has 3 aromatic rings. The van der Waals surface area contributed by atoms with Crippen molar-refractivity contribution >= 4 is 44.2 Å². The number of carbonyl (C=O) groups is 1. The molecular formula is C15H10BrNO3. The Morgan fingerprint density at radius 2 is 1.80 bits per heavy atom. The van der Waals surface area contributed by atoms with E-state index in [2.05, 4.69) is 21.2 Å². The molecule has 0 saturated heterocycles. The first-order valence-corrected chi connectivity index (χ1v) is 6.70. The number of nitrogens with one attached hydrogen (secondary N) is 1. The van der Waals surface area contributed by atoms with Gasteiger partial charge >= 0.3 is 5.97 Å². The maximum Gasteiger partial charge on any atom is 0.371 e. The molecule has 0 aliphatic heterocycles. The summed E-state index contributed by atoms with van der Waals surface area (Å²) in [7, 11) is 0. The van der Waals surface area contributed by atoms with Crippen LogP contribution in [-0.2, 0) is 0 Å². The van der Waals surface area contributed by atoms with Crippen molar-refractivity contribution in [1.82, 2.24) is 0 Å². The fourth-order valence-electron chi connectivity index (χ4n) is 1.96. The zero-order valence-electron chi connectivity index (χ0n) is 10.3. The number of carboxylic acids is 1. The summed E-state index contributed by atoms with van der Waals surface area (Å²) in [6, 6.07) is 14.9. The van der Waals surface area contributed by atoms with Gasteiger partial charge in [-0.15, -0.1) is 0 Å². The first-order valence-electron chi connectivity index (χ1n) is 5.91. The number of hydrogen-bond donors (Lipinski definition) is 2. The van der Waals surface area contributed by atoms with Crippen molar-refractivity contribution in [3.8, 4) is 0 Å². The number of rotatable bonds is 3. The maximum absolute atomic E-state index is 10.7. The maximum atomic E-state index is 10.7. The molecular weight excluding hydrogens is 322 g/mol. The minimum atomic E-state index is -1.08. The lowest BCUT2D eigenvalue weighted by molar-refractivity contribution is 0.0663. The van der Waals surface area contributed by atoms with Gasteiger partial charge in [0.1, 0.15) is 0 Å². The number of fused-ring (bicyclic) bond motifs is 1. The van der Waals surface area contributed by atoms with Crippen molar-refractivity contribution in [2.45, 2.75) is 0 Å². The second kappa shape index (κ2) is 5.02. The second-order valence-corrected chi connectivity index (χ2v) is 5.22. The van der Waals surface area contributed by atoms with Crippen LogP contribution in [0.25, 0.3) is 10.8 Å². The highest BCUT2D eigenvalue weighted by Crippen LogP contribution is 2.25. The number of aromatic carboxylic acids is 1. The highest BCUT2D eigenvalue weighted by Gasteiger charge is 2.08. The summed E-state index contributed by atoms with van der Waals surface area (Å²) in [6.07, 6.45) is 0. The standard InChI is InChI=1S/C15H10BrNO3/c16-11-3-1-10-8-12(4-2-9(10)7-11)17-14-6-5-13(20-14)15(18)19/h1-8,17H,(H,18,19). The average molecular weight is 332 g/mol. The van der Waals surface area contributed by atoms with Crippen LogP contribution in [0.4, 0.5) is 11.6 Å². The first-order chi connectivity index (χ1) is 9.61. The molecule has 0 bridgehead atoms. The van der Waals surface area contributed by atoms with Gasteiger partial charge in [-0.3, -0.25) is 0 Å². The second-order valence-electron chi connectivity index (χ2n) is 4.30. The van der Waals surface area contributed by atoms with Gasteiger partial charge in [-0.1, -0.05) is 28.1 Å². The Balaban J connectivity index is 1.90. The predicted octanol–water partition coefficient (Wildman–Crippen LogP) is 4.64. The summed E-state index contributed by atoms with van der Waals surface area (Å²) in [5.74, 6) is -0.766. The van der Waals surface area contributed by atoms with Gasteiger partial charge in [0.15, 0.2) is 5.88 Å². The lowest BCUT2D eigenvalue weighted by atomic mass is 10.1. The number of carboxylic acid groups (broad SMARTS) is 1. The highest BCUT2D eigenvalue weighted by atomic mass is 79.9. The van der Waals surface area contributed by atoms with Crippen molar-refractivity contribution in [3.63, 3.8) is 0 Å². The van der Waals surface area contributed by atoms with Crippen LogP contribution in [0.5, 0.6) is 0 Å². The predicted molar refractivity (Wildman–Crippen MR) is 80.6 cm³/mol. The molecule has 0 radical (unpaired) electrons. The SMILES string of the molecule is O=C(O)c1ccc(Nc2ccc3cc(Br)ccc3c2)o1. The molecule has 0 unspecified atom stereocenters. The van der Waals surface area contributed by atoms with Crippen LogP contribution in [0.2, 0.25) is 0 Å². The molecule has 20 heavy (non-hydrogen) atoms. The Hall–Kier alpha value is -2.27. The zero-order valence-corrected chi connectivity index (χ0v) is 11.8. The number of halogens is 1. The molecule has 2 N–H and O–H groups in total. The van der Waals surface area contributed by atoms with E-state index in [1.807, 2.05) is 36.4 Å². The molecule has 0 atom stereocenters. The van der Waals surface area contributed by atoms with Crippen molar-refractivity contribution < 1.29 is 14.3 Å². The van der Waals surface area contributed by atoms with E-state index in [1.165, 1.54) is 6.07 Å². The molecule has 1 heterocycles. The van der Waals surface area contributed by atoms with E-state index >= 15 is 0 Å². The number of anilines is 2. The Morgan fingerprint density at radius 1 is 1.05 bits per heavy atom. The minimum Gasteiger partial charge on any atom is -0.475 e. The third-order valence-electron chi connectivity index (χ3n) is 2.89. The summed E-state index contributed by atoms with van der Waals surface area (Å²) in [6.45, 7) is 0. The molecule has 0 aliphatic carbocycles. The minimum absolute atomic E-state index is 0.0859. The van der Waals surface area contributed by atoms with Crippen molar-refractivity contribution in [1.29, 1.82) is 0 Å². The third-order valence-corrected chi connectivity index (χ3v) is 3.38. The molecule has 0 fully saturated rings. The van der Waals surface area contributed by atoms with Gasteiger partial charge in [-0.25, -0.2) is 4.79 Å². The molecule has 0 spiro atoms. The van der Waals surface area contributed by atoms with Gasteiger partial charge in [0.2, 0.25) is 5.76 Å². The molecule has 3 rings (SSSR count). The highest BCUT2D eigenvalue weighted by molar-refractivity contribution is 9.10.